The molecule has 0 saturated carbocycles. The van der Waals surface area contributed by atoms with E-state index in [2.05, 4.69) is 66.2 Å². The second-order valence-electron chi connectivity index (χ2n) is 9.25. The minimum absolute atomic E-state index is 0.218. The van der Waals surface area contributed by atoms with Crippen molar-refractivity contribution in [2.45, 2.75) is 71.8 Å². The molecule has 0 bridgehead atoms. The van der Waals surface area contributed by atoms with Gasteiger partial charge in [-0.05, 0) is 88.6 Å². The zero-order chi connectivity index (χ0) is 21.1. The molecule has 0 N–H and O–H groups in total. The van der Waals surface area contributed by atoms with E-state index < -0.39 is 0 Å². The summed E-state index contributed by atoms with van der Waals surface area (Å²) >= 11 is 0. The Bertz CT molecular complexity index is 895. The van der Waals surface area contributed by atoms with Crippen LogP contribution in [0.25, 0.3) is 5.69 Å². The molecule has 1 aromatic carbocycles. The Kier molecular flexibility index (Phi) is 6.52. The Morgan fingerprint density at radius 3 is 2.40 bits per heavy atom. The normalized spacial score (nSPS) is 21.7. The maximum atomic E-state index is 4.72. The van der Waals surface area contributed by atoms with Crippen molar-refractivity contribution in [1.29, 1.82) is 0 Å². The third-order valence-electron chi connectivity index (χ3n) is 7.00. The van der Waals surface area contributed by atoms with E-state index >= 15 is 0 Å². The summed E-state index contributed by atoms with van der Waals surface area (Å²) < 4.78 is 2.26. The Morgan fingerprint density at radius 1 is 1.10 bits per heavy atom. The summed E-state index contributed by atoms with van der Waals surface area (Å²) in [4.78, 5) is 2.67. The predicted molar refractivity (Wildman–Crippen MR) is 124 cm³/mol. The third kappa shape index (κ3) is 4.29. The van der Waals surface area contributed by atoms with E-state index in [1.54, 1.807) is 0 Å². The van der Waals surface area contributed by atoms with Crippen LogP contribution >= 0.6 is 0 Å². The van der Waals surface area contributed by atoms with E-state index in [9.17, 15) is 0 Å². The highest BCUT2D eigenvalue weighted by molar-refractivity contribution is 5.48. The zero-order valence-corrected chi connectivity index (χ0v) is 18.9. The van der Waals surface area contributed by atoms with Gasteiger partial charge in [-0.1, -0.05) is 49.3 Å². The Hall–Kier alpha value is -2.20. The van der Waals surface area contributed by atoms with Crippen LogP contribution < -0.4 is 0 Å². The van der Waals surface area contributed by atoms with Gasteiger partial charge in [0.2, 0.25) is 0 Å². The van der Waals surface area contributed by atoms with Gasteiger partial charge in [-0.25, -0.2) is 0 Å². The summed E-state index contributed by atoms with van der Waals surface area (Å²) in [7, 11) is 0. The molecule has 2 heterocycles. The molecule has 4 rings (SSSR count). The highest BCUT2D eigenvalue weighted by Gasteiger charge is 2.32. The van der Waals surface area contributed by atoms with Gasteiger partial charge in [0, 0.05) is 0 Å². The first-order valence-corrected chi connectivity index (χ1v) is 11.6. The van der Waals surface area contributed by atoms with Crippen molar-refractivity contribution in [3.63, 3.8) is 0 Å². The van der Waals surface area contributed by atoms with E-state index in [1.807, 2.05) is 6.33 Å². The maximum Gasteiger partial charge on any atom is 0.159 e. The maximum absolute atomic E-state index is 4.72. The van der Waals surface area contributed by atoms with Crippen molar-refractivity contribution >= 4 is 0 Å². The first-order valence-electron chi connectivity index (χ1n) is 11.6. The van der Waals surface area contributed by atoms with Crippen molar-refractivity contribution in [1.82, 2.24) is 19.7 Å². The molecule has 0 amide bonds. The van der Waals surface area contributed by atoms with Crippen LogP contribution in [0.15, 0.2) is 48.3 Å². The highest BCUT2D eigenvalue weighted by Crippen LogP contribution is 2.39. The van der Waals surface area contributed by atoms with Crippen LogP contribution in [-0.4, -0.2) is 32.8 Å². The van der Waals surface area contributed by atoms with Gasteiger partial charge >= 0.3 is 0 Å². The molecule has 4 nitrogen and oxygen atoms in total. The van der Waals surface area contributed by atoms with Crippen LogP contribution in [0.3, 0.4) is 0 Å². The molecule has 1 aliphatic heterocycles. The summed E-state index contributed by atoms with van der Waals surface area (Å²) in [5, 5.41) is 9.13. The minimum atomic E-state index is 0.218. The van der Waals surface area contributed by atoms with Crippen molar-refractivity contribution in [2.24, 2.45) is 5.92 Å². The summed E-state index contributed by atoms with van der Waals surface area (Å²) in [5.41, 5.74) is 6.61. The van der Waals surface area contributed by atoms with Crippen LogP contribution in [0, 0.1) is 19.8 Å². The molecule has 1 aromatic heterocycles. The van der Waals surface area contributed by atoms with E-state index in [4.69, 9.17) is 5.10 Å². The fourth-order valence-corrected chi connectivity index (χ4v) is 5.26. The van der Waals surface area contributed by atoms with Crippen molar-refractivity contribution < 1.29 is 0 Å². The summed E-state index contributed by atoms with van der Waals surface area (Å²) in [6, 6.07) is 6.72. The molecule has 1 saturated heterocycles. The van der Waals surface area contributed by atoms with E-state index in [0.717, 1.165) is 31.8 Å². The Morgan fingerprint density at radius 2 is 1.80 bits per heavy atom. The number of rotatable bonds is 5. The van der Waals surface area contributed by atoms with Crippen LogP contribution in [0.1, 0.15) is 74.9 Å². The quantitative estimate of drug-likeness (QED) is 0.564. The smallest absolute Gasteiger partial charge is 0.159 e. The first kappa shape index (κ1) is 21.0. The molecule has 0 spiro atoms. The first-order chi connectivity index (χ1) is 14.6. The number of allylic oxidation sites excluding steroid dienone is 2. The fourth-order valence-electron chi connectivity index (χ4n) is 5.26. The van der Waals surface area contributed by atoms with Gasteiger partial charge in [-0.15, -0.1) is 10.2 Å². The molecule has 1 fully saturated rings. The molecule has 0 radical (unpaired) electrons. The Labute approximate surface area is 181 Å². The zero-order valence-electron chi connectivity index (χ0n) is 18.9. The average molecular weight is 405 g/mol. The molecule has 4 heteroatoms. The summed E-state index contributed by atoms with van der Waals surface area (Å²) in [5.74, 6) is 1.70. The fraction of sp³-hybridized carbons (Fsp3) is 0.538. The van der Waals surface area contributed by atoms with E-state index in [-0.39, 0.29) is 6.04 Å². The molecule has 2 aromatic rings. The standard InChI is InChI=1S/C26H36N4/c1-19(2)22-12-14-23(15-13-22)25(29-16-7-5-6-8-17-29)26-28-27-18-30(26)24-20(3)10-9-11-21(24)4/h9-11,14,18,22,25H,1,5-8,12-13,15-17H2,2-4H3/t22-,25?/m1/s1. The predicted octanol–water partition coefficient (Wildman–Crippen LogP) is 6.10. The number of aromatic nitrogens is 3. The second-order valence-corrected chi connectivity index (χ2v) is 9.25. The number of hydrogen-bond donors (Lipinski definition) is 0. The van der Waals surface area contributed by atoms with Gasteiger partial charge < -0.3 is 0 Å². The van der Waals surface area contributed by atoms with Crippen molar-refractivity contribution in [2.75, 3.05) is 13.1 Å². The molecular formula is C26H36N4. The van der Waals surface area contributed by atoms with E-state index in [1.165, 1.54) is 60.1 Å². The number of nitrogens with zero attached hydrogens (tertiary/aromatic N) is 4. The lowest BCUT2D eigenvalue weighted by Crippen LogP contribution is -2.34. The lowest BCUT2D eigenvalue weighted by molar-refractivity contribution is 0.214. The SMILES string of the molecule is C=C(C)[C@@H]1CC=C(C(c2nncn2-c2c(C)cccc2C)N2CCCCCC2)CC1. The van der Waals surface area contributed by atoms with Crippen molar-refractivity contribution in [3.8, 4) is 5.69 Å². The molecule has 2 atom stereocenters. The molecule has 160 valence electrons. The number of aryl methyl sites for hydroxylation is 2. The lowest BCUT2D eigenvalue weighted by Gasteiger charge is -2.35. The topological polar surface area (TPSA) is 34.0 Å². The lowest BCUT2D eigenvalue weighted by atomic mass is 9.82. The Balaban J connectivity index is 1.76. The van der Waals surface area contributed by atoms with Crippen LogP contribution in [0.2, 0.25) is 0 Å². The molecule has 1 unspecified atom stereocenters. The minimum Gasteiger partial charge on any atom is -0.290 e. The highest BCUT2D eigenvalue weighted by atomic mass is 15.3. The number of hydrogen-bond acceptors (Lipinski definition) is 3. The number of benzene rings is 1. The summed E-state index contributed by atoms with van der Waals surface area (Å²) in [6.07, 6.45) is 13.0. The molecule has 1 aliphatic carbocycles. The third-order valence-corrected chi connectivity index (χ3v) is 7.00. The van der Waals surface area contributed by atoms with Gasteiger partial charge in [-0.3, -0.25) is 9.47 Å². The van der Waals surface area contributed by atoms with E-state index in [0.29, 0.717) is 5.92 Å². The number of para-hydroxylation sites is 1. The van der Waals surface area contributed by atoms with Gasteiger partial charge in [0.15, 0.2) is 5.82 Å². The largest absolute Gasteiger partial charge is 0.290 e. The summed E-state index contributed by atoms with van der Waals surface area (Å²) in [6.45, 7) is 13.0. The monoisotopic (exact) mass is 404 g/mol. The van der Waals surface area contributed by atoms with Gasteiger partial charge in [0.05, 0.1) is 11.7 Å². The van der Waals surface area contributed by atoms with Gasteiger partial charge in [0.1, 0.15) is 6.33 Å². The van der Waals surface area contributed by atoms with Crippen molar-refractivity contribution in [3.05, 3.63) is 65.3 Å². The average Bonchev–Trinajstić information content (AvgIpc) is 3.03. The second kappa shape index (κ2) is 9.30. The van der Waals surface area contributed by atoms with Gasteiger partial charge in [0.25, 0.3) is 0 Å². The van der Waals surface area contributed by atoms with Gasteiger partial charge in [-0.2, -0.15) is 0 Å². The van der Waals surface area contributed by atoms with Crippen LogP contribution in [0.4, 0.5) is 0 Å². The molecule has 30 heavy (non-hydrogen) atoms. The van der Waals surface area contributed by atoms with Crippen LogP contribution in [-0.2, 0) is 0 Å². The molecular weight excluding hydrogens is 368 g/mol. The molecule has 2 aliphatic rings. The number of likely N-dealkylation sites (tertiary alicyclic amines) is 1. The van der Waals surface area contributed by atoms with Crippen LogP contribution in [0.5, 0.6) is 0 Å².